The number of Topliss-reactive ketones (excluding diaryl/α,β-unsaturated/α-hetero) is 1. The maximum atomic E-state index is 14.7. The molecule has 1 aliphatic carbocycles. The van der Waals surface area contributed by atoms with Crippen molar-refractivity contribution in [3.05, 3.63) is 115 Å². The van der Waals surface area contributed by atoms with Gasteiger partial charge in [0, 0.05) is 39.9 Å². The van der Waals surface area contributed by atoms with E-state index < -0.39 is 46.2 Å². The van der Waals surface area contributed by atoms with Crippen molar-refractivity contribution in [3.63, 3.8) is 0 Å². The number of ether oxygens (including phenoxy) is 2. The van der Waals surface area contributed by atoms with Crippen LogP contribution in [0.15, 0.2) is 88.7 Å². The van der Waals surface area contributed by atoms with E-state index >= 15 is 0 Å². The van der Waals surface area contributed by atoms with Crippen LogP contribution in [0.3, 0.4) is 0 Å². The Morgan fingerprint density at radius 2 is 1.81 bits per heavy atom. The Hall–Kier alpha value is -4.84. The van der Waals surface area contributed by atoms with Gasteiger partial charge in [-0.1, -0.05) is 18.2 Å². The van der Waals surface area contributed by atoms with Gasteiger partial charge in [-0.15, -0.1) is 11.3 Å². The lowest BCUT2D eigenvalue weighted by Gasteiger charge is -2.43. The van der Waals surface area contributed by atoms with Crippen molar-refractivity contribution in [1.29, 1.82) is 0 Å². The summed E-state index contributed by atoms with van der Waals surface area (Å²) in [5, 5.41) is 13.6. The third-order valence-corrected chi connectivity index (χ3v) is 8.49. The largest absolute Gasteiger partial charge is 0.465 e. The lowest BCUT2D eigenvalue weighted by Crippen LogP contribution is -2.46. The van der Waals surface area contributed by atoms with Crippen LogP contribution >= 0.6 is 11.3 Å². The highest BCUT2D eigenvalue weighted by Gasteiger charge is 2.51. The summed E-state index contributed by atoms with van der Waals surface area (Å²) in [7, 11) is 0. The van der Waals surface area contributed by atoms with Crippen molar-refractivity contribution < 1.29 is 33.2 Å². The fourth-order valence-corrected chi connectivity index (χ4v) is 6.61. The topological polar surface area (TPSA) is 142 Å². The molecule has 2 N–H and O–H groups in total. The SMILES string of the molecule is CCOC(=O)C1=C(N)N(c2ccc(F)cc2)C2=C(C(=O)[C@@H](C(=O)OCC)[C@H](c3cccs3)C2)[C@@H]1c1cccc([N+](=O)[O-])c1. The number of nitrogens with zero attached hydrogens (tertiary/aromatic N) is 2. The number of carbonyl (C=O) groups is 3. The number of esters is 2. The number of ketones is 1. The van der Waals surface area contributed by atoms with Crippen LogP contribution in [0, 0.1) is 21.8 Å². The minimum absolute atomic E-state index is 0.0143. The van der Waals surface area contributed by atoms with E-state index in [0.717, 1.165) is 4.88 Å². The Labute approximate surface area is 250 Å². The Bertz CT molecular complexity index is 1650. The average molecular weight is 606 g/mol. The molecule has 2 aromatic carbocycles. The molecule has 0 radical (unpaired) electrons. The molecule has 0 saturated carbocycles. The van der Waals surface area contributed by atoms with Gasteiger partial charge in [0.1, 0.15) is 17.6 Å². The second-order valence-electron chi connectivity index (χ2n) is 9.90. The number of nitro groups is 1. The first-order valence-electron chi connectivity index (χ1n) is 13.6. The molecule has 0 unspecified atom stereocenters. The van der Waals surface area contributed by atoms with Crippen molar-refractivity contribution in [2.75, 3.05) is 18.1 Å². The van der Waals surface area contributed by atoms with E-state index in [1.807, 2.05) is 17.5 Å². The molecule has 43 heavy (non-hydrogen) atoms. The van der Waals surface area contributed by atoms with Crippen LogP contribution in [-0.4, -0.2) is 35.9 Å². The van der Waals surface area contributed by atoms with Gasteiger partial charge in [-0.25, -0.2) is 9.18 Å². The molecule has 1 aromatic heterocycles. The molecule has 222 valence electrons. The van der Waals surface area contributed by atoms with E-state index in [4.69, 9.17) is 15.2 Å². The van der Waals surface area contributed by atoms with E-state index in [1.54, 1.807) is 19.9 Å². The summed E-state index contributed by atoms with van der Waals surface area (Å²) in [6.07, 6.45) is 0.130. The van der Waals surface area contributed by atoms with Crippen molar-refractivity contribution >= 4 is 40.4 Å². The maximum absolute atomic E-state index is 14.7. The molecular formula is C31H28FN3O7S. The molecule has 12 heteroatoms. The van der Waals surface area contributed by atoms with Gasteiger partial charge in [-0.3, -0.25) is 24.6 Å². The summed E-state index contributed by atoms with van der Waals surface area (Å²) < 4.78 is 24.7. The molecule has 0 fully saturated rings. The quantitative estimate of drug-likeness (QED) is 0.156. The molecule has 1 aliphatic heterocycles. The van der Waals surface area contributed by atoms with E-state index in [0.29, 0.717) is 11.4 Å². The van der Waals surface area contributed by atoms with Crippen LogP contribution in [-0.2, 0) is 23.9 Å². The van der Waals surface area contributed by atoms with Crippen molar-refractivity contribution in [1.82, 2.24) is 0 Å². The number of thiophene rings is 1. The Kier molecular flexibility index (Phi) is 8.40. The molecule has 0 bridgehead atoms. The Morgan fingerprint density at radius 3 is 2.44 bits per heavy atom. The van der Waals surface area contributed by atoms with Crippen LogP contribution in [0.2, 0.25) is 0 Å². The third-order valence-electron chi connectivity index (χ3n) is 7.48. The van der Waals surface area contributed by atoms with Gasteiger partial charge in [0.05, 0.1) is 29.6 Å². The minimum Gasteiger partial charge on any atom is -0.465 e. The Morgan fingerprint density at radius 1 is 1.09 bits per heavy atom. The van der Waals surface area contributed by atoms with Crippen LogP contribution in [0.5, 0.6) is 0 Å². The fraction of sp³-hybridized carbons (Fsp3) is 0.258. The summed E-state index contributed by atoms with van der Waals surface area (Å²) in [4.78, 5) is 55.1. The summed E-state index contributed by atoms with van der Waals surface area (Å²) in [6.45, 7) is 3.28. The number of halogens is 1. The first-order valence-corrected chi connectivity index (χ1v) is 14.5. The summed E-state index contributed by atoms with van der Waals surface area (Å²) in [6, 6.07) is 14.6. The van der Waals surface area contributed by atoms with Crippen LogP contribution < -0.4 is 10.6 Å². The molecule has 10 nitrogen and oxygen atoms in total. The molecule has 3 aromatic rings. The monoisotopic (exact) mass is 605 g/mol. The second-order valence-corrected chi connectivity index (χ2v) is 10.9. The summed E-state index contributed by atoms with van der Waals surface area (Å²) in [5.41, 5.74) is 7.43. The Balaban J connectivity index is 1.83. The minimum atomic E-state index is -1.25. The van der Waals surface area contributed by atoms with Gasteiger partial charge in [-0.05, 0) is 61.5 Å². The predicted molar refractivity (Wildman–Crippen MR) is 156 cm³/mol. The van der Waals surface area contributed by atoms with Crippen molar-refractivity contribution in [3.8, 4) is 0 Å². The van der Waals surface area contributed by atoms with Gasteiger partial charge < -0.3 is 15.2 Å². The number of anilines is 1. The van der Waals surface area contributed by atoms with E-state index in [-0.39, 0.29) is 47.9 Å². The number of nitrogens with two attached hydrogens (primary N) is 1. The number of carbonyl (C=O) groups excluding carboxylic acids is 3. The van der Waals surface area contributed by atoms with Gasteiger partial charge in [0.25, 0.3) is 5.69 Å². The van der Waals surface area contributed by atoms with Crippen LogP contribution in [0.4, 0.5) is 15.8 Å². The number of rotatable bonds is 8. The molecule has 0 spiro atoms. The molecule has 2 heterocycles. The average Bonchev–Trinajstić information content (AvgIpc) is 3.52. The standard InChI is InChI=1S/C31H28FN3O7S/c1-3-41-30(37)25-21(23-9-6-14-43-23)16-22-26(28(25)36)24(17-7-5-8-20(15-17)35(39)40)27(31(38)42-4-2)29(33)34(22)19-12-10-18(32)11-13-19/h5-15,21,24-25H,3-4,16,33H2,1-2H3/t21-,24-,25-/m0/s1. The predicted octanol–water partition coefficient (Wildman–Crippen LogP) is 5.32. The van der Waals surface area contributed by atoms with E-state index in [2.05, 4.69) is 0 Å². The number of hydrogen-bond acceptors (Lipinski definition) is 10. The van der Waals surface area contributed by atoms with E-state index in [1.165, 1.54) is 58.7 Å². The van der Waals surface area contributed by atoms with Crippen molar-refractivity contribution in [2.24, 2.45) is 11.7 Å². The van der Waals surface area contributed by atoms with Crippen LogP contribution in [0.25, 0.3) is 0 Å². The zero-order chi connectivity index (χ0) is 30.8. The molecule has 2 aliphatic rings. The smallest absolute Gasteiger partial charge is 0.338 e. The number of allylic oxidation sites excluding steroid dienone is 2. The molecule has 0 amide bonds. The fourth-order valence-electron chi connectivity index (χ4n) is 5.75. The lowest BCUT2D eigenvalue weighted by molar-refractivity contribution is -0.384. The van der Waals surface area contributed by atoms with Gasteiger partial charge in [0.15, 0.2) is 5.78 Å². The second kappa shape index (κ2) is 12.2. The van der Waals surface area contributed by atoms with Gasteiger partial charge in [-0.2, -0.15) is 0 Å². The van der Waals surface area contributed by atoms with Gasteiger partial charge in [0.2, 0.25) is 0 Å². The number of hydrogen-bond donors (Lipinski definition) is 1. The summed E-state index contributed by atoms with van der Waals surface area (Å²) in [5.74, 6) is -5.81. The van der Waals surface area contributed by atoms with E-state index in [9.17, 15) is 28.9 Å². The third kappa shape index (κ3) is 5.41. The molecule has 0 saturated heterocycles. The maximum Gasteiger partial charge on any atom is 0.338 e. The van der Waals surface area contributed by atoms with Gasteiger partial charge >= 0.3 is 11.9 Å². The highest BCUT2D eigenvalue weighted by Crippen LogP contribution is 2.52. The van der Waals surface area contributed by atoms with Crippen molar-refractivity contribution in [2.45, 2.75) is 32.1 Å². The lowest BCUT2D eigenvalue weighted by atomic mass is 9.68. The number of non-ortho nitro benzene ring substituents is 1. The molecule has 3 atom stereocenters. The highest BCUT2D eigenvalue weighted by atomic mass is 32.1. The number of nitro benzene ring substituents is 1. The summed E-state index contributed by atoms with van der Waals surface area (Å²) >= 11 is 1.38. The van der Waals surface area contributed by atoms with Crippen LogP contribution in [0.1, 0.15) is 42.5 Å². The first-order chi connectivity index (χ1) is 20.7. The zero-order valence-electron chi connectivity index (χ0n) is 23.3. The normalized spacial score (nSPS) is 20.1. The molecule has 5 rings (SSSR count). The molecular weight excluding hydrogens is 577 g/mol. The first kappa shape index (κ1) is 29.6. The number of benzene rings is 2. The zero-order valence-corrected chi connectivity index (χ0v) is 24.1. The highest BCUT2D eigenvalue weighted by molar-refractivity contribution is 7.10.